The zero-order valence-corrected chi connectivity index (χ0v) is 15.0. The highest BCUT2D eigenvalue weighted by Crippen LogP contribution is 2.17. The molecular formula is C18H21BrN3O2+. The maximum Gasteiger partial charge on any atom is 0.269 e. The second-order valence-corrected chi connectivity index (χ2v) is 7.19. The first-order valence-electron chi connectivity index (χ1n) is 8.19. The summed E-state index contributed by atoms with van der Waals surface area (Å²) in [5.41, 5.74) is 2.49. The summed E-state index contributed by atoms with van der Waals surface area (Å²) in [6.07, 6.45) is 2.27. The van der Waals surface area contributed by atoms with Crippen LogP contribution < -0.4 is 10.2 Å². The number of quaternary nitrogens is 1. The maximum absolute atomic E-state index is 10.7. The number of rotatable bonds is 5. The minimum Gasteiger partial charge on any atom is -0.382 e. The third kappa shape index (κ3) is 4.55. The van der Waals surface area contributed by atoms with Gasteiger partial charge in [0.2, 0.25) is 0 Å². The van der Waals surface area contributed by atoms with E-state index in [2.05, 4.69) is 45.5 Å². The van der Waals surface area contributed by atoms with Gasteiger partial charge >= 0.3 is 0 Å². The number of nitrogens with zero attached hydrogens (tertiary/aromatic N) is 1. The van der Waals surface area contributed by atoms with Crippen LogP contribution in [0.4, 0.5) is 11.4 Å². The number of nitrogens with one attached hydrogen (secondary N) is 2. The van der Waals surface area contributed by atoms with Gasteiger partial charge in [0.15, 0.2) is 0 Å². The Balaban J connectivity index is 1.48. The smallest absolute Gasteiger partial charge is 0.269 e. The van der Waals surface area contributed by atoms with Crippen molar-refractivity contribution in [3.05, 3.63) is 68.7 Å². The molecule has 1 saturated heterocycles. The normalized spacial score (nSPS) is 20.5. The van der Waals surface area contributed by atoms with Crippen molar-refractivity contribution in [3.8, 4) is 0 Å². The van der Waals surface area contributed by atoms with Crippen molar-refractivity contribution in [2.45, 2.75) is 25.4 Å². The molecule has 2 aromatic rings. The molecule has 0 aromatic heterocycles. The average Bonchev–Trinajstić information content (AvgIpc) is 2.59. The number of likely N-dealkylation sites (tertiary alicyclic amines) is 1. The highest BCUT2D eigenvalue weighted by molar-refractivity contribution is 9.10. The van der Waals surface area contributed by atoms with Crippen LogP contribution in [0.15, 0.2) is 53.0 Å². The number of non-ortho nitro benzene ring substituents is 1. The van der Waals surface area contributed by atoms with E-state index in [9.17, 15) is 10.1 Å². The number of benzene rings is 2. The molecular weight excluding hydrogens is 370 g/mol. The summed E-state index contributed by atoms with van der Waals surface area (Å²) >= 11 is 3.45. The zero-order valence-electron chi connectivity index (χ0n) is 13.4. The third-order valence-electron chi connectivity index (χ3n) is 4.51. The van der Waals surface area contributed by atoms with Gasteiger partial charge in [-0.1, -0.05) is 15.9 Å². The Kier molecular flexibility index (Phi) is 5.48. The predicted molar refractivity (Wildman–Crippen MR) is 98.3 cm³/mol. The van der Waals surface area contributed by atoms with Crippen LogP contribution >= 0.6 is 15.9 Å². The van der Waals surface area contributed by atoms with Crippen molar-refractivity contribution >= 4 is 27.3 Å². The Labute approximate surface area is 150 Å². The second kappa shape index (κ2) is 7.77. The van der Waals surface area contributed by atoms with E-state index >= 15 is 0 Å². The van der Waals surface area contributed by atoms with Gasteiger partial charge < -0.3 is 10.2 Å². The maximum atomic E-state index is 10.7. The number of nitro benzene ring substituents is 1. The van der Waals surface area contributed by atoms with Crippen LogP contribution in [0, 0.1) is 10.1 Å². The fraction of sp³-hybridized carbons (Fsp3) is 0.333. The molecule has 2 aromatic carbocycles. The van der Waals surface area contributed by atoms with Crippen LogP contribution in [0.25, 0.3) is 0 Å². The standard InChI is InChI=1S/C18H20BrN3O2/c19-15-3-5-16(6-4-15)20-17-9-11-21(12-10-17)13-14-1-7-18(8-2-14)22(23)24/h1-8,17,20H,9-13H2/p+1. The summed E-state index contributed by atoms with van der Waals surface area (Å²) in [5, 5.41) is 14.3. The Morgan fingerprint density at radius 1 is 1.08 bits per heavy atom. The van der Waals surface area contributed by atoms with Crippen molar-refractivity contribution in [2.75, 3.05) is 18.4 Å². The first-order chi connectivity index (χ1) is 11.6. The van der Waals surface area contributed by atoms with Gasteiger partial charge in [0.1, 0.15) is 6.54 Å². The van der Waals surface area contributed by atoms with Crippen molar-refractivity contribution in [2.24, 2.45) is 0 Å². The van der Waals surface area contributed by atoms with Crippen LogP contribution in [-0.4, -0.2) is 24.1 Å². The van der Waals surface area contributed by atoms with E-state index in [1.807, 2.05) is 12.1 Å². The fourth-order valence-corrected chi connectivity index (χ4v) is 3.42. The van der Waals surface area contributed by atoms with Gasteiger partial charge in [0, 0.05) is 46.7 Å². The fourth-order valence-electron chi connectivity index (χ4n) is 3.15. The topological polar surface area (TPSA) is 59.6 Å². The number of halogens is 1. The van der Waals surface area contributed by atoms with Gasteiger partial charge in [-0.15, -0.1) is 0 Å². The first-order valence-corrected chi connectivity index (χ1v) is 8.98. The molecule has 6 heteroatoms. The summed E-state index contributed by atoms with van der Waals surface area (Å²) in [6, 6.07) is 15.8. The molecule has 0 saturated carbocycles. The van der Waals surface area contributed by atoms with E-state index in [1.54, 1.807) is 12.1 Å². The third-order valence-corrected chi connectivity index (χ3v) is 5.04. The van der Waals surface area contributed by atoms with Crippen LogP contribution in [0.1, 0.15) is 18.4 Å². The molecule has 0 unspecified atom stereocenters. The molecule has 0 aliphatic carbocycles. The summed E-state index contributed by atoms with van der Waals surface area (Å²) < 4.78 is 1.09. The van der Waals surface area contributed by atoms with Gasteiger partial charge in [-0.3, -0.25) is 10.1 Å². The van der Waals surface area contributed by atoms with Crippen molar-refractivity contribution in [3.63, 3.8) is 0 Å². The van der Waals surface area contributed by atoms with Gasteiger partial charge in [-0.25, -0.2) is 0 Å². The van der Waals surface area contributed by atoms with Crippen molar-refractivity contribution < 1.29 is 9.82 Å². The molecule has 1 fully saturated rings. The minimum absolute atomic E-state index is 0.158. The average molecular weight is 391 g/mol. The Hall–Kier alpha value is -1.92. The van der Waals surface area contributed by atoms with E-state index in [0.717, 1.165) is 42.5 Å². The second-order valence-electron chi connectivity index (χ2n) is 6.28. The molecule has 0 spiro atoms. The molecule has 1 heterocycles. The van der Waals surface area contributed by atoms with Crippen molar-refractivity contribution in [1.82, 2.24) is 0 Å². The first kappa shape index (κ1) is 16.9. The predicted octanol–water partition coefficient (Wildman–Crippen LogP) is 3.02. The molecule has 3 rings (SSSR count). The lowest BCUT2D eigenvalue weighted by Crippen LogP contribution is -3.12. The molecule has 0 atom stereocenters. The lowest BCUT2D eigenvalue weighted by molar-refractivity contribution is -0.918. The molecule has 2 N–H and O–H groups in total. The molecule has 0 bridgehead atoms. The Morgan fingerprint density at radius 3 is 2.29 bits per heavy atom. The monoisotopic (exact) mass is 390 g/mol. The SMILES string of the molecule is O=[N+]([O-])c1ccc(C[NH+]2CCC(Nc3ccc(Br)cc3)CC2)cc1. The summed E-state index contributed by atoms with van der Waals surface area (Å²) in [5.74, 6) is 0. The highest BCUT2D eigenvalue weighted by Gasteiger charge is 2.22. The summed E-state index contributed by atoms with van der Waals surface area (Å²) in [6.45, 7) is 3.17. The Bertz CT molecular complexity index is 680. The lowest BCUT2D eigenvalue weighted by Gasteiger charge is -2.30. The van der Waals surface area contributed by atoms with E-state index < -0.39 is 0 Å². The summed E-state index contributed by atoms with van der Waals surface area (Å²) in [4.78, 5) is 11.9. The molecule has 126 valence electrons. The number of anilines is 1. The number of hydrogen-bond acceptors (Lipinski definition) is 3. The van der Waals surface area contributed by atoms with E-state index in [1.165, 1.54) is 10.6 Å². The largest absolute Gasteiger partial charge is 0.382 e. The highest BCUT2D eigenvalue weighted by atomic mass is 79.9. The van der Waals surface area contributed by atoms with Crippen molar-refractivity contribution in [1.29, 1.82) is 0 Å². The molecule has 24 heavy (non-hydrogen) atoms. The van der Waals surface area contributed by atoms with Crippen LogP contribution in [-0.2, 0) is 6.54 Å². The lowest BCUT2D eigenvalue weighted by atomic mass is 10.0. The molecule has 5 nitrogen and oxygen atoms in total. The van der Waals surface area contributed by atoms with Gasteiger partial charge in [-0.2, -0.15) is 0 Å². The van der Waals surface area contributed by atoms with Gasteiger partial charge in [0.25, 0.3) is 5.69 Å². The van der Waals surface area contributed by atoms with Gasteiger partial charge in [-0.05, 0) is 36.4 Å². The number of piperidine rings is 1. The molecule has 0 amide bonds. The van der Waals surface area contributed by atoms with E-state index in [-0.39, 0.29) is 10.6 Å². The van der Waals surface area contributed by atoms with Crippen LogP contribution in [0.5, 0.6) is 0 Å². The van der Waals surface area contributed by atoms with E-state index in [0.29, 0.717) is 6.04 Å². The number of hydrogen-bond donors (Lipinski definition) is 2. The molecule has 0 radical (unpaired) electrons. The minimum atomic E-state index is -0.351. The summed E-state index contributed by atoms with van der Waals surface area (Å²) in [7, 11) is 0. The van der Waals surface area contributed by atoms with Crippen LogP contribution in [0.2, 0.25) is 0 Å². The van der Waals surface area contributed by atoms with Gasteiger partial charge in [0.05, 0.1) is 18.0 Å². The molecule has 1 aliphatic heterocycles. The van der Waals surface area contributed by atoms with Crippen LogP contribution in [0.3, 0.4) is 0 Å². The zero-order chi connectivity index (χ0) is 16.9. The number of nitro groups is 1. The Morgan fingerprint density at radius 2 is 1.71 bits per heavy atom. The molecule has 1 aliphatic rings. The van der Waals surface area contributed by atoms with E-state index in [4.69, 9.17) is 0 Å². The quantitative estimate of drug-likeness (QED) is 0.609.